The first-order valence-electron chi connectivity index (χ1n) is 5.47. The lowest BCUT2D eigenvalue weighted by Crippen LogP contribution is -2.38. The molecular weight excluding hydrogens is 266 g/mol. The van der Waals surface area contributed by atoms with E-state index in [-0.39, 0.29) is 0 Å². The molecule has 1 atom stereocenters. The van der Waals surface area contributed by atoms with E-state index in [1.54, 1.807) is 0 Å². The fraction of sp³-hybridized carbons (Fsp3) is 0.417. The molecule has 16 heavy (non-hydrogen) atoms. The number of benzene rings is 1. The number of hydrogen-bond donors (Lipinski definition) is 2. The number of anilines is 1. The molecule has 2 rings (SSSR count). The van der Waals surface area contributed by atoms with Crippen molar-refractivity contribution in [3.05, 3.63) is 28.2 Å². The van der Waals surface area contributed by atoms with Gasteiger partial charge in [-0.15, -0.1) is 0 Å². The van der Waals surface area contributed by atoms with Crippen LogP contribution in [0.2, 0.25) is 0 Å². The summed E-state index contributed by atoms with van der Waals surface area (Å²) in [6.45, 7) is 2.07. The lowest BCUT2D eigenvalue weighted by Gasteiger charge is -2.25. The number of hydrogen-bond acceptors (Lipinski definition) is 3. The number of nitrogens with zero attached hydrogens (tertiary/aromatic N) is 1. The Labute approximate surface area is 104 Å². The van der Waals surface area contributed by atoms with E-state index in [9.17, 15) is 0 Å². The number of nitrogens with one attached hydrogen (secondary N) is 2. The highest BCUT2D eigenvalue weighted by molar-refractivity contribution is 9.10. The van der Waals surface area contributed by atoms with Crippen molar-refractivity contribution in [2.24, 2.45) is 0 Å². The summed E-state index contributed by atoms with van der Waals surface area (Å²) in [7, 11) is 0. The number of halogens is 1. The Morgan fingerprint density at radius 3 is 3.06 bits per heavy atom. The van der Waals surface area contributed by atoms with Crippen molar-refractivity contribution >= 4 is 21.6 Å². The van der Waals surface area contributed by atoms with Gasteiger partial charge in [-0.1, -0.05) is 6.07 Å². The third-order valence-corrected chi connectivity index (χ3v) is 3.44. The zero-order valence-electron chi connectivity index (χ0n) is 8.96. The van der Waals surface area contributed by atoms with Gasteiger partial charge in [0.2, 0.25) is 0 Å². The molecule has 0 aliphatic carbocycles. The summed E-state index contributed by atoms with van der Waals surface area (Å²) < 4.78 is 0.851. The second kappa shape index (κ2) is 5.33. The van der Waals surface area contributed by atoms with E-state index >= 15 is 0 Å². The van der Waals surface area contributed by atoms with Crippen LogP contribution in [0.4, 0.5) is 5.69 Å². The van der Waals surface area contributed by atoms with Crippen LogP contribution in [0, 0.1) is 11.3 Å². The summed E-state index contributed by atoms with van der Waals surface area (Å²) in [5.74, 6) is 0. The highest BCUT2D eigenvalue weighted by Gasteiger charge is 2.14. The summed E-state index contributed by atoms with van der Waals surface area (Å²) in [6, 6.07) is 8.45. The van der Waals surface area contributed by atoms with E-state index in [0.717, 1.165) is 29.7 Å². The molecule has 1 unspecified atom stereocenters. The smallest absolute Gasteiger partial charge is 0.103 e. The zero-order valence-corrected chi connectivity index (χ0v) is 10.5. The van der Waals surface area contributed by atoms with Crippen molar-refractivity contribution in [3.63, 3.8) is 0 Å². The lowest BCUT2D eigenvalue weighted by molar-refractivity contribution is 0.480. The van der Waals surface area contributed by atoms with Gasteiger partial charge in [-0.25, -0.2) is 0 Å². The van der Waals surface area contributed by atoms with Gasteiger partial charge in [0.15, 0.2) is 0 Å². The second-order valence-electron chi connectivity index (χ2n) is 3.96. The molecule has 84 valence electrons. The first-order chi connectivity index (χ1) is 7.81. The SMILES string of the molecule is N#Cc1c(Br)cccc1NC1CCCNC1. The van der Waals surface area contributed by atoms with E-state index in [1.165, 1.54) is 6.42 Å². The van der Waals surface area contributed by atoms with Gasteiger partial charge in [0.25, 0.3) is 0 Å². The molecule has 0 bridgehead atoms. The minimum absolute atomic E-state index is 0.426. The van der Waals surface area contributed by atoms with Gasteiger partial charge in [0.1, 0.15) is 6.07 Å². The molecule has 1 aromatic carbocycles. The Kier molecular flexibility index (Phi) is 3.81. The molecule has 1 saturated heterocycles. The maximum absolute atomic E-state index is 9.09. The highest BCUT2D eigenvalue weighted by Crippen LogP contribution is 2.25. The average Bonchev–Trinajstić information content (AvgIpc) is 2.31. The Hall–Kier alpha value is -1.05. The summed E-state index contributed by atoms with van der Waals surface area (Å²) in [4.78, 5) is 0. The van der Waals surface area contributed by atoms with Gasteiger partial charge in [-0.3, -0.25) is 0 Å². The van der Waals surface area contributed by atoms with Crippen molar-refractivity contribution in [3.8, 4) is 6.07 Å². The van der Waals surface area contributed by atoms with E-state index < -0.39 is 0 Å². The maximum Gasteiger partial charge on any atom is 0.103 e. The molecule has 1 fully saturated rings. The minimum atomic E-state index is 0.426. The van der Waals surface area contributed by atoms with Crippen LogP contribution in [0.3, 0.4) is 0 Å². The molecule has 4 heteroatoms. The van der Waals surface area contributed by atoms with Crippen LogP contribution in [0.25, 0.3) is 0 Å². The maximum atomic E-state index is 9.09. The Balaban J connectivity index is 2.14. The minimum Gasteiger partial charge on any atom is -0.380 e. The molecule has 1 aliphatic heterocycles. The summed E-state index contributed by atoms with van der Waals surface area (Å²) in [6.07, 6.45) is 2.35. The van der Waals surface area contributed by atoms with Gasteiger partial charge in [0, 0.05) is 17.1 Å². The molecule has 0 aromatic heterocycles. The Bertz CT molecular complexity index is 405. The summed E-state index contributed by atoms with van der Waals surface area (Å²) in [5.41, 5.74) is 1.61. The summed E-state index contributed by atoms with van der Waals surface area (Å²) in [5, 5.41) is 15.9. The Morgan fingerprint density at radius 2 is 2.38 bits per heavy atom. The van der Waals surface area contributed by atoms with Crippen LogP contribution in [-0.2, 0) is 0 Å². The topological polar surface area (TPSA) is 47.9 Å². The van der Waals surface area contributed by atoms with Gasteiger partial charge < -0.3 is 10.6 Å². The largest absolute Gasteiger partial charge is 0.380 e. The van der Waals surface area contributed by atoms with E-state index in [0.29, 0.717) is 11.6 Å². The van der Waals surface area contributed by atoms with Gasteiger partial charge in [-0.2, -0.15) is 5.26 Å². The van der Waals surface area contributed by atoms with Crippen LogP contribution in [0.5, 0.6) is 0 Å². The fourth-order valence-corrected chi connectivity index (χ4v) is 2.41. The van der Waals surface area contributed by atoms with Crippen molar-refractivity contribution in [1.82, 2.24) is 5.32 Å². The van der Waals surface area contributed by atoms with E-state index in [1.807, 2.05) is 18.2 Å². The molecule has 1 heterocycles. The first-order valence-corrected chi connectivity index (χ1v) is 6.26. The van der Waals surface area contributed by atoms with Crippen molar-refractivity contribution in [2.75, 3.05) is 18.4 Å². The number of rotatable bonds is 2. The van der Waals surface area contributed by atoms with E-state index in [2.05, 4.69) is 32.6 Å². The monoisotopic (exact) mass is 279 g/mol. The molecule has 1 aliphatic rings. The molecule has 2 N–H and O–H groups in total. The number of nitriles is 1. The molecule has 0 saturated carbocycles. The standard InChI is InChI=1S/C12H14BrN3/c13-11-4-1-5-12(10(11)7-14)16-9-3-2-6-15-8-9/h1,4-5,9,15-16H,2-3,6,8H2. The molecule has 0 radical (unpaired) electrons. The first kappa shape index (κ1) is 11.4. The predicted molar refractivity (Wildman–Crippen MR) is 68.4 cm³/mol. The van der Waals surface area contributed by atoms with Crippen molar-refractivity contribution in [1.29, 1.82) is 5.26 Å². The van der Waals surface area contributed by atoms with Gasteiger partial charge in [0.05, 0.1) is 11.3 Å². The molecule has 1 aromatic rings. The predicted octanol–water partition coefficient (Wildman–Crippen LogP) is 2.48. The quantitative estimate of drug-likeness (QED) is 0.875. The van der Waals surface area contributed by atoms with Crippen molar-refractivity contribution in [2.45, 2.75) is 18.9 Å². The molecule has 3 nitrogen and oxygen atoms in total. The Morgan fingerprint density at radius 1 is 1.50 bits per heavy atom. The van der Waals surface area contributed by atoms with Crippen LogP contribution in [0.15, 0.2) is 22.7 Å². The van der Waals surface area contributed by atoms with Crippen LogP contribution >= 0.6 is 15.9 Å². The fourth-order valence-electron chi connectivity index (χ4n) is 1.95. The normalized spacial score (nSPS) is 20.1. The van der Waals surface area contributed by atoms with E-state index in [4.69, 9.17) is 5.26 Å². The average molecular weight is 280 g/mol. The molecule has 0 spiro atoms. The summed E-state index contributed by atoms with van der Waals surface area (Å²) >= 11 is 3.39. The van der Waals surface area contributed by atoms with Gasteiger partial charge in [-0.05, 0) is 47.4 Å². The third-order valence-electron chi connectivity index (χ3n) is 2.78. The van der Waals surface area contributed by atoms with Crippen LogP contribution < -0.4 is 10.6 Å². The number of piperidine rings is 1. The highest BCUT2D eigenvalue weighted by atomic mass is 79.9. The van der Waals surface area contributed by atoms with Crippen LogP contribution in [0.1, 0.15) is 18.4 Å². The zero-order chi connectivity index (χ0) is 11.4. The third kappa shape index (κ3) is 2.55. The van der Waals surface area contributed by atoms with Gasteiger partial charge >= 0.3 is 0 Å². The molecular formula is C12H14BrN3. The second-order valence-corrected chi connectivity index (χ2v) is 4.82. The van der Waals surface area contributed by atoms with Crippen molar-refractivity contribution < 1.29 is 0 Å². The van der Waals surface area contributed by atoms with Crippen LogP contribution in [-0.4, -0.2) is 19.1 Å². The molecule has 0 amide bonds. The lowest BCUT2D eigenvalue weighted by atomic mass is 10.1.